The molecule has 0 bridgehead atoms. The van der Waals surface area contributed by atoms with E-state index in [1.54, 1.807) is 0 Å². The molecule has 1 aliphatic heterocycles. The summed E-state index contributed by atoms with van der Waals surface area (Å²) >= 11 is 0. The lowest BCUT2D eigenvalue weighted by Gasteiger charge is -2.33. The third-order valence-corrected chi connectivity index (χ3v) is 4.49. The van der Waals surface area contributed by atoms with Crippen LogP contribution in [-0.2, 0) is 35.1 Å². The van der Waals surface area contributed by atoms with Crippen molar-refractivity contribution in [3.8, 4) is 0 Å². The van der Waals surface area contributed by atoms with Gasteiger partial charge in [-0.15, -0.1) is 0 Å². The molecule has 1 aromatic carbocycles. The number of nitrogens with zero attached hydrogens (tertiary/aromatic N) is 1. The minimum absolute atomic E-state index is 0.0473. The molecule has 1 saturated heterocycles. The minimum Gasteiger partial charge on any atom is -0.468 e. The van der Waals surface area contributed by atoms with Crippen LogP contribution in [-0.4, -0.2) is 68.2 Å². The number of carbonyl (C=O) groups excluding carboxylic acids is 4. The molecule has 1 aliphatic rings. The summed E-state index contributed by atoms with van der Waals surface area (Å²) in [4.78, 5) is 49.2. The number of benzene rings is 1. The highest BCUT2D eigenvalue weighted by Crippen LogP contribution is 2.12. The van der Waals surface area contributed by atoms with Crippen LogP contribution < -0.4 is 10.6 Å². The molecule has 0 saturated carbocycles. The third kappa shape index (κ3) is 5.78. The zero-order chi connectivity index (χ0) is 20.5. The van der Waals surface area contributed by atoms with E-state index in [4.69, 9.17) is 4.74 Å². The molecule has 0 unspecified atom stereocenters. The first-order valence-corrected chi connectivity index (χ1v) is 8.95. The molecule has 1 heterocycles. The van der Waals surface area contributed by atoms with Gasteiger partial charge in [-0.1, -0.05) is 30.3 Å². The lowest BCUT2D eigenvalue weighted by atomic mass is 10.1. The van der Waals surface area contributed by atoms with Gasteiger partial charge in [-0.25, -0.2) is 4.79 Å². The number of esters is 2. The number of hydrogen-bond donors (Lipinski definition) is 2. The monoisotopic (exact) mass is 391 g/mol. The van der Waals surface area contributed by atoms with E-state index < -0.39 is 24.0 Å². The van der Waals surface area contributed by atoms with E-state index in [0.29, 0.717) is 6.42 Å². The zero-order valence-corrected chi connectivity index (χ0v) is 16.0. The standard InChI is InChI=1S/C19H25N3O6/c1-27-18(25)14(10-13-6-4-3-5-7-13)20-9-8-17(24)22-12-21-16(23)11-15(22)19(26)28-2/h3-7,14-15,20H,8-12H2,1-2H3,(H,21,23)/t14-,15-/m0/s1. The fourth-order valence-corrected chi connectivity index (χ4v) is 2.98. The fraction of sp³-hybridized carbons (Fsp3) is 0.474. The maximum atomic E-state index is 12.5. The van der Waals surface area contributed by atoms with Crippen molar-refractivity contribution in [2.24, 2.45) is 0 Å². The average molecular weight is 391 g/mol. The fourth-order valence-electron chi connectivity index (χ4n) is 2.98. The Morgan fingerprint density at radius 3 is 2.57 bits per heavy atom. The number of hydrogen-bond acceptors (Lipinski definition) is 7. The Hall–Kier alpha value is -2.94. The van der Waals surface area contributed by atoms with Crippen LogP contribution in [0.15, 0.2) is 30.3 Å². The van der Waals surface area contributed by atoms with E-state index in [9.17, 15) is 19.2 Å². The van der Waals surface area contributed by atoms with Crippen LogP contribution in [0.25, 0.3) is 0 Å². The Kier molecular flexibility index (Phi) is 7.94. The summed E-state index contributed by atoms with van der Waals surface area (Å²) in [6, 6.07) is 7.91. The van der Waals surface area contributed by atoms with Gasteiger partial charge in [0.25, 0.3) is 0 Å². The van der Waals surface area contributed by atoms with E-state index in [1.165, 1.54) is 19.1 Å². The van der Waals surface area contributed by atoms with Crippen molar-refractivity contribution in [1.29, 1.82) is 0 Å². The zero-order valence-electron chi connectivity index (χ0n) is 16.0. The predicted octanol–water partition coefficient (Wildman–Crippen LogP) is -0.402. The summed E-state index contributed by atoms with van der Waals surface area (Å²) in [7, 11) is 2.52. The van der Waals surface area contributed by atoms with Crippen molar-refractivity contribution in [2.75, 3.05) is 27.4 Å². The second kappa shape index (κ2) is 10.4. The molecular weight excluding hydrogens is 366 g/mol. The van der Waals surface area contributed by atoms with Crippen molar-refractivity contribution in [2.45, 2.75) is 31.3 Å². The lowest BCUT2D eigenvalue weighted by Crippen LogP contribution is -2.57. The summed E-state index contributed by atoms with van der Waals surface area (Å²) in [6.45, 7) is 0.158. The quantitative estimate of drug-likeness (QED) is 0.580. The van der Waals surface area contributed by atoms with Gasteiger partial charge in [0, 0.05) is 13.0 Å². The maximum Gasteiger partial charge on any atom is 0.329 e. The molecule has 1 aromatic rings. The van der Waals surface area contributed by atoms with E-state index in [-0.39, 0.29) is 37.9 Å². The van der Waals surface area contributed by atoms with Gasteiger partial charge in [-0.05, 0) is 12.0 Å². The molecule has 2 rings (SSSR count). The van der Waals surface area contributed by atoms with Gasteiger partial charge < -0.3 is 25.0 Å². The number of amides is 2. The van der Waals surface area contributed by atoms with E-state index in [0.717, 1.165) is 5.56 Å². The van der Waals surface area contributed by atoms with Crippen molar-refractivity contribution in [1.82, 2.24) is 15.5 Å². The highest BCUT2D eigenvalue weighted by molar-refractivity contribution is 5.91. The molecule has 0 radical (unpaired) electrons. The first-order valence-electron chi connectivity index (χ1n) is 8.95. The van der Waals surface area contributed by atoms with Crippen LogP contribution in [0, 0.1) is 0 Å². The summed E-state index contributed by atoms with van der Waals surface area (Å²) < 4.78 is 9.51. The van der Waals surface area contributed by atoms with Gasteiger partial charge in [0.15, 0.2) is 0 Å². The van der Waals surface area contributed by atoms with E-state index >= 15 is 0 Å². The second-order valence-electron chi connectivity index (χ2n) is 6.33. The maximum absolute atomic E-state index is 12.5. The third-order valence-electron chi connectivity index (χ3n) is 4.49. The Morgan fingerprint density at radius 2 is 1.93 bits per heavy atom. The van der Waals surface area contributed by atoms with E-state index in [2.05, 4.69) is 15.4 Å². The summed E-state index contributed by atoms with van der Waals surface area (Å²) in [6.07, 6.45) is 0.336. The van der Waals surface area contributed by atoms with Crippen molar-refractivity contribution >= 4 is 23.8 Å². The van der Waals surface area contributed by atoms with E-state index in [1.807, 2.05) is 30.3 Å². The Labute approximate surface area is 163 Å². The number of ether oxygens (including phenoxy) is 2. The van der Waals surface area contributed by atoms with Gasteiger partial charge in [-0.2, -0.15) is 0 Å². The van der Waals surface area contributed by atoms with Gasteiger partial charge in [0.1, 0.15) is 12.1 Å². The van der Waals surface area contributed by atoms with Crippen LogP contribution in [0.4, 0.5) is 0 Å². The Bertz CT molecular complexity index is 709. The summed E-state index contributed by atoms with van der Waals surface area (Å²) in [5.41, 5.74) is 0.959. The average Bonchev–Trinajstić information content (AvgIpc) is 2.72. The normalized spacial score (nSPS) is 17.4. The first kappa shape index (κ1) is 21.4. The topological polar surface area (TPSA) is 114 Å². The SMILES string of the molecule is COC(=O)[C@H](Cc1ccccc1)NCCC(=O)N1CNC(=O)C[C@H]1C(=O)OC. The molecule has 9 heteroatoms. The van der Waals surface area contributed by atoms with Crippen molar-refractivity contribution < 1.29 is 28.7 Å². The smallest absolute Gasteiger partial charge is 0.329 e. The van der Waals surface area contributed by atoms with Crippen LogP contribution in [0.2, 0.25) is 0 Å². The molecule has 1 fully saturated rings. The van der Waals surface area contributed by atoms with Crippen LogP contribution in [0.1, 0.15) is 18.4 Å². The van der Waals surface area contributed by atoms with Crippen molar-refractivity contribution in [3.63, 3.8) is 0 Å². The summed E-state index contributed by atoms with van der Waals surface area (Å²) in [5.74, 6) is -1.70. The van der Waals surface area contributed by atoms with Crippen LogP contribution in [0.5, 0.6) is 0 Å². The predicted molar refractivity (Wildman–Crippen MR) is 98.8 cm³/mol. The van der Waals surface area contributed by atoms with Gasteiger partial charge in [0.05, 0.1) is 27.3 Å². The molecule has 0 spiro atoms. The molecule has 0 aromatic heterocycles. The summed E-state index contributed by atoms with van der Waals surface area (Å²) in [5, 5.41) is 5.58. The van der Waals surface area contributed by atoms with Gasteiger partial charge in [-0.3, -0.25) is 14.4 Å². The number of rotatable bonds is 8. The number of nitrogens with one attached hydrogen (secondary N) is 2. The van der Waals surface area contributed by atoms with Crippen LogP contribution >= 0.6 is 0 Å². The molecule has 0 aliphatic carbocycles. The molecule has 2 N–H and O–H groups in total. The molecule has 2 atom stereocenters. The highest BCUT2D eigenvalue weighted by Gasteiger charge is 2.36. The number of carbonyl (C=O) groups is 4. The molecular formula is C19H25N3O6. The van der Waals surface area contributed by atoms with Gasteiger partial charge >= 0.3 is 11.9 Å². The molecule has 28 heavy (non-hydrogen) atoms. The molecule has 9 nitrogen and oxygen atoms in total. The minimum atomic E-state index is -0.938. The molecule has 2 amide bonds. The molecule has 152 valence electrons. The first-order chi connectivity index (χ1) is 13.5. The van der Waals surface area contributed by atoms with Crippen molar-refractivity contribution in [3.05, 3.63) is 35.9 Å². The Balaban J connectivity index is 1.92. The van der Waals surface area contributed by atoms with Crippen LogP contribution in [0.3, 0.4) is 0 Å². The second-order valence-corrected chi connectivity index (χ2v) is 6.33. The Morgan fingerprint density at radius 1 is 1.21 bits per heavy atom. The van der Waals surface area contributed by atoms with Gasteiger partial charge in [0.2, 0.25) is 11.8 Å². The number of methoxy groups -OCH3 is 2. The lowest BCUT2D eigenvalue weighted by molar-refractivity contribution is -0.157. The highest BCUT2D eigenvalue weighted by atomic mass is 16.5. The largest absolute Gasteiger partial charge is 0.468 e.